The highest BCUT2D eigenvalue weighted by Gasteiger charge is 2.17. The summed E-state index contributed by atoms with van der Waals surface area (Å²) in [4.78, 5) is 25.4. The van der Waals surface area contributed by atoms with Gasteiger partial charge in [0.25, 0.3) is 5.56 Å². The number of rotatable bonds is 1. The first kappa shape index (κ1) is 10.8. The molecule has 1 N–H and O–H groups in total. The third-order valence-corrected chi connectivity index (χ3v) is 3.23. The molecule has 0 unspecified atom stereocenters. The molecule has 1 aromatic carbocycles. The van der Waals surface area contributed by atoms with Gasteiger partial charge in [-0.1, -0.05) is 0 Å². The molecule has 18 heavy (non-hydrogen) atoms. The Hall–Kier alpha value is -2.30. The largest absolute Gasteiger partial charge is 0.497 e. The van der Waals surface area contributed by atoms with Gasteiger partial charge in [0.05, 0.1) is 12.8 Å². The van der Waals surface area contributed by atoms with Crippen LogP contribution in [0.15, 0.2) is 33.9 Å². The first-order valence-corrected chi connectivity index (χ1v) is 5.70. The Balaban J connectivity index is 2.29. The van der Waals surface area contributed by atoms with Crippen molar-refractivity contribution < 1.29 is 4.74 Å². The number of ether oxygens (including phenoxy) is 1. The second kappa shape index (κ2) is 3.87. The number of aryl methyl sites for hydroxylation is 1. The molecule has 92 valence electrons. The zero-order chi connectivity index (χ0) is 12.7. The van der Waals surface area contributed by atoms with Crippen molar-refractivity contribution >= 4 is 0 Å². The van der Waals surface area contributed by atoms with Crippen LogP contribution in [0.5, 0.6) is 5.75 Å². The Bertz CT molecular complexity index is 728. The fourth-order valence-corrected chi connectivity index (χ4v) is 2.35. The molecular weight excluding hydrogens is 232 g/mol. The number of hydrogen-bond acceptors (Lipinski definition) is 3. The maximum absolute atomic E-state index is 11.7. The SMILES string of the molecule is COc1ccc2c(c1)CCn1c-2cc(=O)[nH]c1=O. The van der Waals surface area contributed by atoms with Crippen LogP contribution in [0.1, 0.15) is 5.56 Å². The minimum Gasteiger partial charge on any atom is -0.497 e. The van der Waals surface area contributed by atoms with E-state index in [0.29, 0.717) is 12.2 Å². The monoisotopic (exact) mass is 244 g/mol. The summed E-state index contributed by atoms with van der Waals surface area (Å²) in [6.45, 7) is 0.575. The number of methoxy groups -OCH3 is 1. The molecule has 0 fully saturated rings. The Kier molecular flexibility index (Phi) is 2.33. The molecule has 1 aromatic heterocycles. The van der Waals surface area contributed by atoms with Crippen molar-refractivity contribution in [2.24, 2.45) is 0 Å². The van der Waals surface area contributed by atoms with Crippen LogP contribution in [0, 0.1) is 0 Å². The van der Waals surface area contributed by atoms with Gasteiger partial charge in [0, 0.05) is 18.2 Å². The highest BCUT2D eigenvalue weighted by atomic mass is 16.5. The van der Waals surface area contributed by atoms with Crippen LogP contribution in [0.25, 0.3) is 11.3 Å². The van der Waals surface area contributed by atoms with Crippen LogP contribution < -0.4 is 16.0 Å². The number of aromatic nitrogens is 2. The lowest BCUT2D eigenvalue weighted by atomic mass is 9.97. The molecule has 2 aromatic rings. The molecule has 0 saturated carbocycles. The van der Waals surface area contributed by atoms with Crippen molar-refractivity contribution in [3.05, 3.63) is 50.7 Å². The van der Waals surface area contributed by atoms with Crippen LogP contribution in [0.3, 0.4) is 0 Å². The second-order valence-electron chi connectivity index (χ2n) is 4.25. The van der Waals surface area contributed by atoms with Crippen molar-refractivity contribution in [2.45, 2.75) is 13.0 Å². The molecule has 0 spiro atoms. The molecule has 5 heteroatoms. The van der Waals surface area contributed by atoms with E-state index in [4.69, 9.17) is 4.74 Å². The predicted molar refractivity (Wildman–Crippen MR) is 67.0 cm³/mol. The van der Waals surface area contributed by atoms with E-state index in [1.165, 1.54) is 6.07 Å². The van der Waals surface area contributed by atoms with Gasteiger partial charge in [-0.05, 0) is 30.2 Å². The lowest BCUT2D eigenvalue weighted by Crippen LogP contribution is -2.33. The zero-order valence-electron chi connectivity index (χ0n) is 9.90. The molecule has 5 nitrogen and oxygen atoms in total. The Morgan fingerprint density at radius 2 is 2.11 bits per heavy atom. The third kappa shape index (κ3) is 1.55. The molecule has 2 heterocycles. The van der Waals surface area contributed by atoms with Crippen molar-refractivity contribution in [2.75, 3.05) is 7.11 Å². The van der Waals surface area contributed by atoms with Gasteiger partial charge in [-0.3, -0.25) is 14.3 Å². The number of nitrogens with one attached hydrogen (secondary N) is 1. The number of aromatic amines is 1. The molecule has 1 aliphatic heterocycles. The topological polar surface area (TPSA) is 64.1 Å². The summed E-state index contributed by atoms with van der Waals surface area (Å²) in [7, 11) is 1.62. The van der Waals surface area contributed by atoms with Crippen molar-refractivity contribution in [1.82, 2.24) is 9.55 Å². The van der Waals surface area contributed by atoms with Crippen molar-refractivity contribution in [1.29, 1.82) is 0 Å². The summed E-state index contributed by atoms with van der Waals surface area (Å²) < 4.78 is 6.77. The molecule has 0 amide bonds. The molecule has 0 bridgehead atoms. The van der Waals surface area contributed by atoms with Crippen molar-refractivity contribution in [3.63, 3.8) is 0 Å². The molecule has 0 radical (unpaired) electrons. The maximum atomic E-state index is 11.7. The standard InChI is InChI=1S/C13H12N2O3/c1-18-9-2-3-10-8(6-9)4-5-15-11(10)7-12(16)14-13(15)17/h2-3,6-7H,4-5H2,1H3,(H,14,16,17). The normalized spacial score (nSPS) is 12.7. The van der Waals surface area contributed by atoms with Crippen LogP contribution in [-0.4, -0.2) is 16.7 Å². The highest BCUT2D eigenvalue weighted by molar-refractivity contribution is 5.66. The van der Waals surface area contributed by atoms with Gasteiger partial charge in [-0.25, -0.2) is 4.79 Å². The van der Waals surface area contributed by atoms with Crippen LogP contribution in [0.2, 0.25) is 0 Å². The molecule has 1 aliphatic rings. The predicted octanol–water partition coefficient (Wildman–Crippen LogP) is 0.768. The number of nitrogens with zero attached hydrogens (tertiary/aromatic N) is 1. The minimum atomic E-state index is -0.366. The summed E-state index contributed by atoms with van der Waals surface area (Å²) >= 11 is 0. The average Bonchev–Trinajstić information content (AvgIpc) is 2.37. The number of H-pyrrole nitrogens is 1. The molecular formula is C13H12N2O3. The van der Waals surface area contributed by atoms with Crippen LogP contribution >= 0.6 is 0 Å². The first-order chi connectivity index (χ1) is 8.69. The molecule has 0 atom stereocenters. The minimum absolute atomic E-state index is 0.348. The van der Waals surface area contributed by atoms with E-state index < -0.39 is 0 Å². The van der Waals surface area contributed by atoms with E-state index in [1.807, 2.05) is 18.2 Å². The number of fused-ring (bicyclic) bond motifs is 3. The van der Waals surface area contributed by atoms with E-state index in [2.05, 4.69) is 4.98 Å². The Morgan fingerprint density at radius 3 is 2.89 bits per heavy atom. The second-order valence-corrected chi connectivity index (χ2v) is 4.25. The van der Waals surface area contributed by atoms with Gasteiger partial charge in [-0.15, -0.1) is 0 Å². The van der Waals surface area contributed by atoms with E-state index in [1.54, 1.807) is 11.7 Å². The van der Waals surface area contributed by atoms with Gasteiger partial charge in [0.2, 0.25) is 0 Å². The van der Waals surface area contributed by atoms with E-state index in [9.17, 15) is 9.59 Å². The lowest BCUT2D eigenvalue weighted by Gasteiger charge is -2.21. The summed E-state index contributed by atoms with van der Waals surface area (Å²) in [5.74, 6) is 0.786. The number of benzene rings is 1. The van der Waals surface area contributed by atoms with E-state index in [-0.39, 0.29) is 11.2 Å². The van der Waals surface area contributed by atoms with Gasteiger partial charge < -0.3 is 4.74 Å². The Labute approximate surface area is 103 Å². The van der Waals surface area contributed by atoms with Gasteiger partial charge in [0.15, 0.2) is 0 Å². The Morgan fingerprint density at radius 1 is 1.28 bits per heavy atom. The van der Waals surface area contributed by atoms with E-state index >= 15 is 0 Å². The third-order valence-electron chi connectivity index (χ3n) is 3.23. The summed E-state index contributed by atoms with van der Waals surface area (Å²) in [6.07, 6.45) is 0.755. The van der Waals surface area contributed by atoms with Crippen molar-refractivity contribution in [3.8, 4) is 17.0 Å². The average molecular weight is 244 g/mol. The first-order valence-electron chi connectivity index (χ1n) is 5.70. The summed E-state index contributed by atoms with van der Waals surface area (Å²) in [6, 6.07) is 7.13. The number of hydrogen-bond donors (Lipinski definition) is 1. The molecule has 3 rings (SSSR count). The van der Waals surface area contributed by atoms with Crippen LogP contribution in [0.4, 0.5) is 0 Å². The fraction of sp³-hybridized carbons (Fsp3) is 0.231. The highest BCUT2D eigenvalue weighted by Crippen LogP contribution is 2.29. The quantitative estimate of drug-likeness (QED) is 0.805. The summed E-state index contributed by atoms with van der Waals surface area (Å²) in [5, 5.41) is 0. The zero-order valence-corrected chi connectivity index (χ0v) is 9.90. The van der Waals surface area contributed by atoms with Gasteiger partial charge >= 0.3 is 5.69 Å². The molecule has 0 aliphatic carbocycles. The summed E-state index contributed by atoms with van der Waals surface area (Å²) in [5.41, 5.74) is 1.98. The van der Waals surface area contributed by atoms with Gasteiger partial charge in [-0.2, -0.15) is 0 Å². The van der Waals surface area contributed by atoms with Crippen LogP contribution in [-0.2, 0) is 13.0 Å². The lowest BCUT2D eigenvalue weighted by molar-refractivity contribution is 0.414. The smallest absolute Gasteiger partial charge is 0.328 e. The fourth-order valence-electron chi connectivity index (χ4n) is 2.35. The van der Waals surface area contributed by atoms with Gasteiger partial charge in [0.1, 0.15) is 5.75 Å². The van der Waals surface area contributed by atoms with E-state index in [0.717, 1.165) is 23.3 Å². The molecule has 0 saturated heterocycles. The maximum Gasteiger partial charge on any atom is 0.328 e.